The highest BCUT2D eigenvalue weighted by Crippen LogP contribution is 2.31. The van der Waals surface area contributed by atoms with Crippen LogP contribution in [0.15, 0.2) is 36.4 Å². The minimum absolute atomic E-state index is 0.287. The molecule has 1 heterocycles. The third-order valence-corrected chi connectivity index (χ3v) is 7.53. The van der Waals surface area contributed by atoms with E-state index in [4.69, 9.17) is 32.0 Å². The van der Waals surface area contributed by atoms with E-state index in [1.54, 1.807) is 0 Å². The Morgan fingerprint density at radius 2 is 1.46 bits per heavy atom. The summed E-state index contributed by atoms with van der Waals surface area (Å²) in [6.45, 7) is 2.75. The van der Waals surface area contributed by atoms with E-state index in [1.807, 2.05) is 6.07 Å². The fourth-order valence-corrected chi connectivity index (χ4v) is 5.18. The number of ketones is 1. The summed E-state index contributed by atoms with van der Waals surface area (Å²) in [5.74, 6) is -2.83. The Balaban J connectivity index is 0.000000360. The molecule has 1 aliphatic heterocycles. The average Bonchev–Trinajstić information content (AvgIpc) is 3.19. The number of anilines is 1. The summed E-state index contributed by atoms with van der Waals surface area (Å²) in [5, 5.41) is 40.3. The second kappa shape index (κ2) is 15.0. The number of benzene rings is 2. The SMILES string of the molecule is O=C(Cc1ccc(CNc2c(Cl)ccc3c2CCNCC3)cc1)C1CCCCC1.O=C(O)[C@H](O)[C@@H](O)C(=O)O. The first-order valence-electron chi connectivity index (χ1n) is 13.3. The predicted octanol–water partition coefficient (Wildman–Crippen LogP) is 3.21. The van der Waals surface area contributed by atoms with Gasteiger partial charge in [0.2, 0.25) is 0 Å². The van der Waals surface area contributed by atoms with Gasteiger partial charge in [0, 0.05) is 18.9 Å². The van der Waals surface area contributed by atoms with Crippen LogP contribution >= 0.6 is 11.6 Å². The molecule has 1 fully saturated rings. The average molecular weight is 561 g/mol. The van der Waals surface area contributed by atoms with Gasteiger partial charge >= 0.3 is 11.9 Å². The van der Waals surface area contributed by atoms with Crippen molar-refractivity contribution in [2.24, 2.45) is 5.92 Å². The van der Waals surface area contributed by atoms with Gasteiger partial charge in [-0.2, -0.15) is 0 Å². The first-order valence-corrected chi connectivity index (χ1v) is 13.7. The number of aliphatic hydroxyl groups is 2. The molecule has 212 valence electrons. The highest BCUT2D eigenvalue weighted by molar-refractivity contribution is 6.33. The Hall–Kier alpha value is -2.98. The summed E-state index contributed by atoms with van der Waals surface area (Å²) in [5.41, 5.74) is 6.14. The Bertz CT molecular complexity index is 1120. The first kappa shape index (κ1) is 30.6. The molecule has 1 aliphatic carbocycles. The Morgan fingerprint density at radius 3 is 2.08 bits per heavy atom. The highest BCUT2D eigenvalue weighted by Gasteiger charge is 2.29. The zero-order valence-corrected chi connectivity index (χ0v) is 22.6. The van der Waals surface area contributed by atoms with E-state index in [-0.39, 0.29) is 5.92 Å². The van der Waals surface area contributed by atoms with Crippen LogP contribution in [0.25, 0.3) is 0 Å². The van der Waals surface area contributed by atoms with Crippen molar-refractivity contribution >= 4 is 35.0 Å². The van der Waals surface area contributed by atoms with Crippen LogP contribution in [0.4, 0.5) is 5.69 Å². The van der Waals surface area contributed by atoms with Crippen molar-refractivity contribution in [3.8, 4) is 0 Å². The second-order valence-corrected chi connectivity index (χ2v) is 10.4. The molecule has 2 atom stereocenters. The molecule has 6 N–H and O–H groups in total. The van der Waals surface area contributed by atoms with Crippen LogP contribution in [-0.2, 0) is 40.2 Å². The molecule has 0 spiro atoms. The van der Waals surface area contributed by atoms with Crippen molar-refractivity contribution in [2.75, 3.05) is 18.4 Å². The lowest BCUT2D eigenvalue weighted by atomic mass is 9.84. The lowest BCUT2D eigenvalue weighted by Gasteiger charge is -2.20. The van der Waals surface area contributed by atoms with Gasteiger partial charge < -0.3 is 31.1 Å². The standard InChI is InChI=1S/C25H31ClN2O.C4H6O6/c26-23-11-10-20-12-14-27-15-13-22(20)25(23)28-17-19-8-6-18(7-9-19)16-24(29)21-4-2-1-3-5-21;5-1(3(7)8)2(6)4(9)10/h6-11,21,27-28H,1-5,12-17H2;1-2,5-6H,(H,7,8)(H,9,10)/t;1-,2-/m.1/s1. The molecular formula is C29H37ClN2O7. The number of fused-ring (bicyclic) bond motifs is 1. The van der Waals surface area contributed by atoms with Crippen LogP contribution in [0.1, 0.15) is 54.4 Å². The number of carboxylic acid groups (broad SMARTS) is 2. The van der Waals surface area contributed by atoms with Gasteiger partial charge in [0.1, 0.15) is 5.78 Å². The lowest BCUT2D eigenvalue weighted by molar-refractivity contribution is -0.165. The van der Waals surface area contributed by atoms with Gasteiger partial charge in [-0.25, -0.2) is 9.59 Å². The van der Waals surface area contributed by atoms with Crippen LogP contribution in [0.5, 0.6) is 0 Å². The summed E-state index contributed by atoms with van der Waals surface area (Å²) >= 11 is 6.52. The molecule has 0 radical (unpaired) electrons. The molecule has 0 aromatic heterocycles. The van der Waals surface area contributed by atoms with Gasteiger partial charge in [-0.05, 0) is 67.1 Å². The summed E-state index contributed by atoms with van der Waals surface area (Å²) in [7, 11) is 0. The predicted molar refractivity (Wildman–Crippen MR) is 148 cm³/mol. The van der Waals surface area contributed by atoms with Crippen molar-refractivity contribution in [1.82, 2.24) is 5.32 Å². The second-order valence-electron chi connectivity index (χ2n) is 10.0. The maximum atomic E-state index is 12.5. The molecule has 0 saturated heterocycles. The molecule has 39 heavy (non-hydrogen) atoms. The number of aliphatic hydroxyl groups excluding tert-OH is 2. The lowest BCUT2D eigenvalue weighted by Crippen LogP contribution is -2.39. The van der Waals surface area contributed by atoms with Crippen molar-refractivity contribution in [3.05, 3.63) is 63.7 Å². The number of Topliss-reactive ketones (excluding diaryl/α,β-unsaturated/α-hetero) is 1. The van der Waals surface area contributed by atoms with E-state index in [2.05, 4.69) is 41.0 Å². The van der Waals surface area contributed by atoms with Gasteiger partial charge in [-0.1, -0.05) is 61.2 Å². The molecule has 2 aliphatic rings. The summed E-state index contributed by atoms with van der Waals surface area (Å²) in [6, 6.07) is 12.6. The number of rotatable bonds is 9. The van der Waals surface area contributed by atoms with Crippen molar-refractivity contribution in [3.63, 3.8) is 0 Å². The maximum absolute atomic E-state index is 12.5. The van der Waals surface area contributed by atoms with Crippen LogP contribution in [-0.4, -0.2) is 63.4 Å². The third kappa shape index (κ3) is 9.03. The Labute approximate surface area is 233 Å². The van der Waals surface area contributed by atoms with Gasteiger partial charge in [-0.3, -0.25) is 4.79 Å². The number of hydrogen-bond acceptors (Lipinski definition) is 7. The van der Waals surface area contributed by atoms with Gasteiger partial charge in [0.15, 0.2) is 12.2 Å². The fraction of sp³-hybridized carbons (Fsp3) is 0.483. The zero-order chi connectivity index (χ0) is 28.4. The minimum Gasteiger partial charge on any atom is -0.479 e. The highest BCUT2D eigenvalue weighted by atomic mass is 35.5. The largest absolute Gasteiger partial charge is 0.479 e. The van der Waals surface area contributed by atoms with Crippen LogP contribution in [0, 0.1) is 5.92 Å². The van der Waals surface area contributed by atoms with E-state index in [0.29, 0.717) is 12.2 Å². The summed E-state index contributed by atoms with van der Waals surface area (Å²) in [4.78, 5) is 32.1. The number of carbonyl (C=O) groups is 3. The van der Waals surface area contributed by atoms with Crippen LogP contribution < -0.4 is 10.6 Å². The molecule has 4 rings (SSSR count). The van der Waals surface area contributed by atoms with Gasteiger partial charge in [0.05, 0.1) is 10.7 Å². The topological polar surface area (TPSA) is 156 Å². The number of nitrogens with one attached hydrogen (secondary N) is 2. The molecule has 10 heteroatoms. The van der Waals surface area contributed by atoms with Gasteiger partial charge in [-0.15, -0.1) is 0 Å². The van der Waals surface area contributed by atoms with E-state index < -0.39 is 24.1 Å². The normalized spacial score (nSPS) is 17.0. The monoisotopic (exact) mass is 560 g/mol. The molecular weight excluding hydrogens is 524 g/mol. The van der Waals surface area contributed by atoms with Crippen molar-refractivity contribution in [2.45, 2.75) is 70.1 Å². The Morgan fingerprint density at radius 1 is 0.872 bits per heavy atom. The zero-order valence-electron chi connectivity index (χ0n) is 21.9. The molecule has 0 bridgehead atoms. The molecule has 2 aromatic rings. The molecule has 1 saturated carbocycles. The summed E-state index contributed by atoms with van der Waals surface area (Å²) < 4.78 is 0. The van der Waals surface area contributed by atoms with E-state index in [1.165, 1.54) is 36.0 Å². The van der Waals surface area contributed by atoms with Crippen LogP contribution in [0.2, 0.25) is 5.02 Å². The molecule has 0 amide bonds. The fourth-order valence-electron chi connectivity index (χ4n) is 4.94. The number of aliphatic carboxylic acids is 2. The number of carbonyl (C=O) groups excluding carboxylic acids is 1. The van der Waals surface area contributed by atoms with Crippen molar-refractivity contribution < 1.29 is 34.8 Å². The van der Waals surface area contributed by atoms with E-state index in [9.17, 15) is 14.4 Å². The number of carboxylic acids is 2. The first-order chi connectivity index (χ1) is 18.7. The number of hydrogen-bond donors (Lipinski definition) is 6. The molecule has 0 unspecified atom stereocenters. The van der Waals surface area contributed by atoms with Crippen LogP contribution in [0.3, 0.4) is 0 Å². The van der Waals surface area contributed by atoms with Gasteiger partial charge in [0.25, 0.3) is 0 Å². The summed E-state index contributed by atoms with van der Waals surface area (Å²) in [6.07, 6.45) is 3.96. The third-order valence-electron chi connectivity index (χ3n) is 7.22. The molecule has 2 aromatic carbocycles. The Kier molecular flexibility index (Phi) is 11.7. The molecule has 9 nitrogen and oxygen atoms in total. The smallest absolute Gasteiger partial charge is 0.335 e. The maximum Gasteiger partial charge on any atom is 0.335 e. The van der Waals surface area contributed by atoms with Crippen molar-refractivity contribution in [1.29, 1.82) is 0 Å². The minimum atomic E-state index is -2.27. The van der Waals surface area contributed by atoms with E-state index in [0.717, 1.165) is 61.6 Å². The van der Waals surface area contributed by atoms with E-state index >= 15 is 0 Å². The quantitative estimate of drug-likeness (QED) is 0.271. The number of halogens is 1.